The van der Waals surface area contributed by atoms with E-state index < -0.39 is 0 Å². The molecule has 0 heterocycles. The van der Waals surface area contributed by atoms with Gasteiger partial charge in [-0.15, -0.1) is 0 Å². The minimum Gasteiger partial charge on any atom is -0.347 e. The highest BCUT2D eigenvalue weighted by Gasteiger charge is 1.94. The first-order chi connectivity index (χ1) is 9.24. The van der Waals surface area contributed by atoms with Crippen LogP contribution in [-0.2, 0) is 0 Å². The van der Waals surface area contributed by atoms with Crippen molar-refractivity contribution in [2.45, 2.75) is 4.90 Å². The zero-order valence-corrected chi connectivity index (χ0v) is 13.3. The van der Waals surface area contributed by atoms with Crippen LogP contribution in [0.3, 0.4) is 0 Å². The van der Waals surface area contributed by atoms with Crippen LogP contribution in [0.15, 0.2) is 75.4 Å². The van der Waals surface area contributed by atoms with Gasteiger partial charge in [0, 0.05) is 15.1 Å². The molecule has 1 nitrogen and oxygen atoms in total. The molecule has 0 fully saturated rings. The molecule has 0 saturated heterocycles. The second-order valence-electron chi connectivity index (χ2n) is 3.73. The number of nitrogens with one attached hydrogen (secondary N) is 1. The Morgan fingerprint density at radius 1 is 1.11 bits per heavy atom. The van der Waals surface area contributed by atoms with Crippen molar-refractivity contribution in [3.63, 3.8) is 0 Å². The number of thiocarbonyl (C=S) groups is 1. The van der Waals surface area contributed by atoms with E-state index in [0.717, 1.165) is 10.2 Å². The number of hydrogen-bond acceptors (Lipinski definition) is 2. The van der Waals surface area contributed by atoms with E-state index in [1.54, 1.807) is 11.8 Å². The minimum atomic E-state index is 0.702. The van der Waals surface area contributed by atoms with Crippen molar-refractivity contribution in [2.75, 3.05) is 5.32 Å². The summed E-state index contributed by atoms with van der Waals surface area (Å²) in [6.45, 7) is 0. The largest absolute Gasteiger partial charge is 0.347 e. The van der Waals surface area contributed by atoms with E-state index in [0.29, 0.717) is 4.99 Å². The predicted octanol–water partition coefficient (Wildman–Crippen LogP) is 5.49. The van der Waals surface area contributed by atoms with Crippen molar-refractivity contribution in [2.24, 2.45) is 0 Å². The van der Waals surface area contributed by atoms with Crippen molar-refractivity contribution in [1.29, 1.82) is 0 Å². The molecule has 19 heavy (non-hydrogen) atoms. The number of hydrogen-bond donors (Lipinski definition) is 1. The van der Waals surface area contributed by atoms with Crippen LogP contribution in [0.2, 0.25) is 0 Å². The quantitative estimate of drug-likeness (QED) is 0.445. The minimum absolute atomic E-state index is 0.702. The van der Waals surface area contributed by atoms with E-state index in [9.17, 15) is 0 Å². The molecule has 0 bridgehead atoms. The molecule has 4 heteroatoms. The van der Waals surface area contributed by atoms with E-state index in [-0.39, 0.29) is 0 Å². The molecule has 0 amide bonds. The van der Waals surface area contributed by atoms with Gasteiger partial charge in [-0.1, -0.05) is 64.2 Å². The Hall–Kier alpha value is -1.10. The standard InChI is InChI=1S/C15H12BrNS2/c16-12-5-4-8-14(11-12)19-10-9-15(18)17-13-6-2-1-3-7-13/h1-11H,(H,17,18). The molecule has 2 rings (SSSR count). The molecular weight excluding hydrogens is 338 g/mol. The summed E-state index contributed by atoms with van der Waals surface area (Å²) in [6.07, 6.45) is 1.90. The van der Waals surface area contributed by atoms with Crippen LogP contribution in [0, 0.1) is 0 Å². The lowest BCUT2D eigenvalue weighted by Gasteiger charge is -2.03. The highest BCUT2D eigenvalue weighted by Crippen LogP contribution is 2.22. The lowest BCUT2D eigenvalue weighted by molar-refractivity contribution is 1.44. The van der Waals surface area contributed by atoms with E-state index >= 15 is 0 Å². The zero-order valence-electron chi connectivity index (χ0n) is 10.0. The predicted molar refractivity (Wildman–Crippen MR) is 91.8 cm³/mol. The molecule has 0 saturated carbocycles. The Morgan fingerprint density at radius 3 is 2.63 bits per heavy atom. The van der Waals surface area contributed by atoms with Crippen LogP contribution in [0.1, 0.15) is 0 Å². The number of anilines is 1. The number of thioether (sulfide) groups is 1. The summed E-state index contributed by atoms with van der Waals surface area (Å²) in [5, 5.41) is 5.15. The van der Waals surface area contributed by atoms with E-state index in [1.807, 2.05) is 53.9 Å². The first-order valence-electron chi connectivity index (χ1n) is 5.69. The fourth-order valence-corrected chi connectivity index (χ4v) is 2.96. The Kier molecular flexibility index (Phi) is 5.63. The molecule has 2 aromatic carbocycles. The van der Waals surface area contributed by atoms with Crippen molar-refractivity contribution in [3.8, 4) is 0 Å². The summed E-state index contributed by atoms with van der Waals surface area (Å²) < 4.78 is 1.08. The first kappa shape index (κ1) is 14.3. The molecule has 0 aliphatic heterocycles. The Morgan fingerprint density at radius 2 is 1.89 bits per heavy atom. The van der Waals surface area contributed by atoms with Crippen molar-refractivity contribution in [1.82, 2.24) is 0 Å². The topological polar surface area (TPSA) is 12.0 Å². The maximum Gasteiger partial charge on any atom is 0.104 e. The number of para-hydroxylation sites is 1. The van der Waals surface area contributed by atoms with Crippen LogP contribution in [0.25, 0.3) is 0 Å². The molecular formula is C15H12BrNS2. The molecule has 0 aliphatic carbocycles. The molecule has 0 aliphatic rings. The van der Waals surface area contributed by atoms with Gasteiger partial charge in [-0.25, -0.2) is 0 Å². The number of benzene rings is 2. The van der Waals surface area contributed by atoms with Gasteiger partial charge in [0.1, 0.15) is 4.99 Å². The van der Waals surface area contributed by atoms with Gasteiger partial charge in [-0.2, -0.15) is 0 Å². The van der Waals surface area contributed by atoms with Crippen LogP contribution in [0.4, 0.5) is 5.69 Å². The summed E-state index contributed by atoms with van der Waals surface area (Å²) in [7, 11) is 0. The zero-order chi connectivity index (χ0) is 13.5. The summed E-state index contributed by atoms with van der Waals surface area (Å²) >= 11 is 10.3. The number of rotatable bonds is 4. The first-order valence-corrected chi connectivity index (χ1v) is 7.77. The van der Waals surface area contributed by atoms with E-state index in [4.69, 9.17) is 12.2 Å². The average Bonchev–Trinajstić information content (AvgIpc) is 2.40. The highest BCUT2D eigenvalue weighted by molar-refractivity contribution is 9.10. The molecule has 0 spiro atoms. The Bertz CT molecular complexity index is 582. The summed E-state index contributed by atoms with van der Waals surface area (Å²) in [4.78, 5) is 1.88. The monoisotopic (exact) mass is 349 g/mol. The van der Waals surface area contributed by atoms with Crippen LogP contribution < -0.4 is 5.32 Å². The third-order valence-corrected chi connectivity index (χ3v) is 3.79. The Labute approximate surface area is 131 Å². The van der Waals surface area contributed by atoms with Gasteiger partial charge in [0.25, 0.3) is 0 Å². The molecule has 0 atom stereocenters. The van der Waals surface area contributed by atoms with E-state index in [1.165, 1.54) is 4.90 Å². The average molecular weight is 350 g/mol. The number of halogens is 1. The second kappa shape index (κ2) is 7.48. The molecule has 0 unspecified atom stereocenters. The van der Waals surface area contributed by atoms with Gasteiger partial charge >= 0.3 is 0 Å². The Balaban J connectivity index is 1.87. The van der Waals surface area contributed by atoms with Gasteiger partial charge in [-0.05, 0) is 41.8 Å². The van der Waals surface area contributed by atoms with Gasteiger partial charge < -0.3 is 5.32 Å². The smallest absolute Gasteiger partial charge is 0.104 e. The van der Waals surface area contributed by atoms with Crippen LogP contribution in [0.5, 0.6) is 0 Å². The van der Waals surface area contributed by atoms with Gasteiger partial charge in [0.2, 0.25) is 0 Å². The molecule has 2 aromatic rings. The maximum absolute atomic E-state index is 5.26. The lowest BCUT2D eigenvalue weighted by atomic mass is 10.3. The normalized spacial score (nSPS) is 10.6. The molecule has 96 valence electrons. The van der Waals surface area contributed by atoms with Crippen LogP contribution in [-0.4, -0.2) is 4.99 Å². The summed E-state index contributed by atoms with van der Waals surface area (Å²) in [5.74, 6) is 0. The highest BCUT2D eigenvalue weighted by atomic mass is 79.9. The van der Waals surface area contributed by atoms with Gasteiger partial charge in [0.05, 0.1) is 0 Å². The van der Waals surface area contributed by atoms with Crippen molar-refractivity contribution < 1.29 is 0 Å². The van der Waals surface area contributed by atoms with E-state index in [2.05, 4.69) is 33.4 Å². The molecule has 0 aromatic heterocycles. The third-order valence-electron chi connectivity index (χ3n) is 2.26. The molecule has 0 radical (unpaired) electrons. The third kappa shape index (κ3) is 5.19. The lowest BCUT2D eigenvalue weighted by Crippen LogP contribution is -2.04. The van der Waals surface area contributed by atoms with Gasteiger partial charge in [-0.3, -0.25) is 0 Å². The molecule has 1 N–H and O–H groups in total. The summed E-state index contributed by atoms with van der Waals surface area (Å²) in [6, 6.07) is 18.1. The fourth-order valence-electron chi connectivity index (χ4n) is 1.42. The summed E-state index contributed by atoms with van der Waals surface area (Å²) in [5.41, 5.74) is 1.00. The van der Waals surface area contributed by atoms with Gasteiger partial charge in [0.15, 0.2) is 0 Å². The maximum atomic E-state index is 5.26. The second-order valence-corrected chi connectivity index (χ2v) is 6.07. The SMILES string of the molecule is S=C(C=CSc1cccc(Br)c1)Nc1ccccc1. The van der Waals surface area contributed by atoms with Crippen LogP contribution >= 0.6 is 39.9 Å². The van der Waals surface area contributed by atoms with Crippen molar-refractivity contribution in [3.05, 3.63) is 70.6 Å². The fraction of sp³-hybridized carbons (Fsp3) is 0. The van der Waals surface area contributed by atoms with Crippen molar-refractivity contribution >= 4 is 50.6 Å².